The van der Waals surface area contributed by atoms with Crippen molar-refractivity contribution >= 4 is 23.6 Å². The van der Waals surface area contributed by atoms with E-state index in [9.17, 15) is 9.59 Å². The van der Waals surface area contributed by atoms with Crippen molar-refractivity contribution < 1.29 is 14.7 Å². The molecular formula is C17H21ClN2O3. The van der Waals surface area contributed by atoms with E-state index >= 15 is 0 Å². The van der Waals surface area contributed by atoms with Gasteiger partial charge in [0.15, 0.2) is 0 Å². The van der Waals surface area contributed by atoms with Crippen LogP contribution in [0.25, 0.3) is 0 Å². The predicted molar refractivity (Wildman–Crippen MR) is 87.7 cm³/mol. The van der Waals surface area contributed by atoms with Crippen molar-refractivity contribution in [3.63, 3.8) is 0 Å². The lowest BCUT2D eigenvalue weighted by Crippen LogP contribution is -2.51. The Morgan fingerprint density at radius 2 is 1.70 bits per heavy atom. The van der Waals surface area contributed by atoms with Gasteiger partial charge in [0.25, 0.3) is 0 Å². The standard InChI is InChI=1S/C17H21ClN2O3/c18-14-5-1-11(2-6-14)13-9-20(10-13)16(21)12-3-7-15(8-4-12)19-17(22)23/h1-2,5-6,12-13,15,19H,3-4,7-10H2,(H,22,23). The van der Waals surface area contributed by atoms with Gasteiger partial charge in [0.2, 0.25) is 5.91 Å². The van der Waals surface area contributed by atoms with Crippen LogP contribution in [0.4, 0.5) is 4.79 Å². The second-order valence-corrected chi connectivity index (χ2v) is 6.93. The summed E-state index contributed by atoms with van der Waals surface area (Å²) in [6, 6.07) is 7.82. The second kappa shape index (κ2) is 6.79. The maximum atomic E-state index is 12.5. The van der Waals surface area contributed by atoms with Gasteiger partial charge in [0, 0.05) is 36.0 Å². The molecule has 6 heteroatoms. The van der Waals surface area contributed by atoms with Gasteiger partial charge in [0.05, 0.1) is 0 Å². The van der Waals surface area contributed by atoms with Crippen molar-refractivity contribution in [1.29, 1.82) is 0 Å². The monoisotopic (exact) mass is 336 g/mol. The van der Waals surface area contributed by atoms with Crippen LogP contribution in [0.15, 0.2) is 24.3 Å². The molecule has 5 nitrogen and oxygen atoms in total. The molecule has 0 bridgehead atoms. The quantitative estimate of drug-likeness (QED) is 0.891. The maximum absolute atomic E-state index is 12.5. The average Bonchev–Trinajstić information content (AvgIpc) is 2.48. The molecule has 0 atom stereocenters. The third-order valence-electron chi connectivity index (χ3n) is 4.94. The zero-order valence-electron chi connectivity index (χ0n) is 12.9. The molecule has 3 rings (SSSR count). The number of nitrogens with one attached hydrogen (secondary N) is 1. The van der Waals surface area contributed by atoms with Gasteiger partial charge in [-0.2, -0.15) is 0 Å². The zero-order chi connectivity index (χ0) is 16.4. The van der Waals surface area contributed by atoms with Crippen LogP contribution in [-0.4, -0.2) is 41.1 Å². The molecule has 1 saturated heterocycles. The first-order valence-corrected chi connectivity index (χ1v) is 8.44. The first-order valence-electron chi connectivity index (χ1n) is 8.06. The lowest BCUT2D eigenvalue weighted by molar-refractivity contribution is -0.141. The Kier molecular flexibility index (Phi) is 4.76. The Morgan fingerprint density at radius 3 is 2.26 bits per heavy atom. The third-order valence-corrected chi connectivity index (χ3v) is 5.19. The summed E-state index contributed by atoms with van der Waals surface area (Å²) in [5.74, 6) is 0.679. The smallest absolute Gasteiger partial charge is 0.404 e. The van der Waals surface area contributed by atoms with E-state index in [-0.39, 0.29) is 17.9 Å². The van der Waals surface area contributed by atoms with Crippen molar-refractivity contribution in [3.05, 3.63) is 34.9 Å². The highest BCUT2D eigenvalue weighted by molar-refractivity contribution is 6.30. The van der Waals surface area contributed by atoms with Gasteiger partial charge in [-0.05, 0) is 43.4 Å². The molecule has 2 fully saturated rings. The summed E-state index contributed by atoms with van der Waals surface area (Å²) in [6.07, 6.45) is 2.06. The van der Waals surface area contributed by atoms with Crippen molar-refractivity contribution in [2.75, 3.05) is 13.1 Å². The molecule has 1 heterocycles. The van der Waals surface area contributed by atoms with Crippen LogP contribution in [0.5, 0.6) is 0 Å². The van der Waals surface area contributed by atoms with E-state index < -0.39 is 6.09 Å². The van der Waals surface area contributed by atoms with E-state index in [1.807, 2.05) is 29.2 Å². The molecule has 1 saturated carbocycles. The lowest BCUT2D eigenvalue weighted by Gasteiger charge is -2.42. The SMILES string of the molecule is O=C(O)NC1CCC(C(=O)N2CC(c3ccc(Cl)cc3)C2)CC1. The number of likely N-dealkylation sites (tertiary alicyclic amines) is 1. The first-order chi connectivity index (χ1) is 11.0. The molecule has 0 aromatic heterocycles. The molecule has 1 aromatic carbocycles. The van der Waals surface area contributed by atoms with Crippen LogP contribution >= 0.6 is 11.6 Å². The number of halogens is 1. The molecule has 0 spiro atoms. The molecule has 1 aliphatic heterocycles. The Hall–Kier alpha value is -1.75. The summed E-state index contributed by atoms with van der Waals surface area (Å²) in [7, 11) is 0. The summed E-state index contributed by atoms with van der Waals surface area (Å²) in [4.78, 5) is 25.1. The van der Waals surface area contributed by atoms with Crippen LogP contribution in [0, 0.1) is 5.92 Å². The van der Waals surface area contributed by atoms with Gasteiger partial charge in [-0.3, -0.25) is 4.79 Å². The fourth-order valence-corrected chi connectivity index (χ4v) is 3.65. The summed E-state index contributed by atoms with van der Waals surface area (Å²) >= 11 is 5.90. The van der Waals surface area contributed by atoms with Crippen LogP contribution < -0.4 is 5.32 Å². The van der Waals surface area contributed by atoms with Crippen molar-refractivity contribution in [2.24, 2.45) is 5.92 Å². The van der Waals surface area contributed by atoms with Crippen molar-refractivity contribution in [1.82, 2.24) is 10.2 Å². The fraction of sp³-hybridized carbons (Fsp3) is 0.529. The topological polar surface area (TPSA) is 69.6 Å². The Bertz CT molecular complexity index is 576. The molecule has 0 unspecified atom stereocenters. The van der Waals surface area contributed by atoms with Gasteiger partial charge in [-0.1, -0.05) is 23.7 Å². The number of carboxylic acid groups (broad SMARTS) is 1. The molecule has 124 valence electrons. The Labute approximate surface area is 140 Å². The molecule has 23 heavy (non-hydrogen) atoms. The van der Waals surface area contributed by atoms with Gasteiger partial charge >= 0.3 is 6.09 Å². The highest BCUT2D eigenvalue weighted by atomic mass is 35.5. The molecule has 0 radical (unpaired) electrons. The number of carbonyl (C=O) groups excluding carboxylic acids is 1. The molecule has 2 amide bonds. The third kappa shape index (κ3) is 3.78. The largest absolute Gasteiger partial charge is 0.465 e. The van der Waals surface area contributed by atoms with E-state index in [1.165, 1.54) is 5.56 Å². The maximum Gasteiger partial charge on any atom is 0.404 e. The highest BCUT2D eigenvalue weighted by Gasteiger charge is 2.36. The van der Waals surface area contributed by atoms with E-state index in [1.54, 1.807) is 0 Å². The van der Waals surface area contributed by atoms with E-state index in [0.29, 0.717) is 5.92 Å². The fourth-order valence-electron chi connectivity index (χ4n) is 3.52. The second-order valence-electron chi connectivity index (χ2n) is 6.49. The zero-order valence-corrected chi connectivity index (χ0v) is 13.6. The molecule has 2 aliphatic rings. The van der Waals surface area contributed by atoms with Crippen molar-refractivity contribution in [2.45, 2.75) is 37.6 Å². The summed E-state index contributed by atoms with van der Waals surface area (Å²) < 4.78 is 0. The Balaban J connectivity index is 1.46. The molecule has 1 aromatic rings. The minimum atomic E-state index is -0.978. The predicted octanol–water partition coefficient (Wildman–Crippen LogP) is 3.09. The van der Waals surface area contributed by atoms with Crippen molar-refractivity contribution in [3.8, 4) is 0 Å². The van der Waals surface area contributed by atoms with Gasteiger partial charge in [-0.25, -0.2) is 4.79 Å². The average molecular weight is 337 g/mol. The number of hydrogen-bond acceptors (Lipinski definition) is 2. The van der Waals surface area contributed by atoms with Crippen LogP contribution in [0.3, 0.4) is 0 Å². The van der Waals surface area contributed by atoms with Crippen LogP contribution in [0.2, 0.25) is 5.02 Å². The van der Waals surface area contributed by atoms with Crippen LogP contribution in [-0.2, 0) is 4.79 Å². The van der Waals surface area contributed by atoms with Gasteiger partial charge in [0.1, 0.15) is 0 Å². The molecule has 2 N–H and O–H groups in total. The number of nitrogens with zero attached hydrogens (tertiary/aromatic N) is 1. The summed E-state index contributed by atoms with van der Waals surface area (Å²) in [5, 5.41) is 12.0. The lowest BCUT2D eigenvalue weighted by atomic mass is 9.83. The van der Waals surface area contributed by atoms with Crippen LogP contribution in [0.1, 0.15) is 37.2 Å². The summed E-state index contributed by atoms with van der Waals surface area (Å²) in [6.45, 7) is 1.54. The molecular weight excluding hydrogens is 316 g/mol. The van der Waals surface area contributed by atoms with E-state index in [4.69, 9.17) is 16.7 Å². The number of hydrogen-bond donors (Lipinski definition) is 2. The normalized spacial score (nSPS) is 24.8. The summed E-state index contributed by atoms with van der Waals surface area (Å²) in [5.41, 5.74) is 1.23. The number of rotatable bonds is 3. The minimum absolute atomic E-state index is 0.00486. The highest BCUT2D eigenvalue weighted by Crippen LogP contribution is 2.32. The van der Waals surface area contributed by atoms with E-state index in [2.05, 4.69) is 5.32 Å². The van der Waals surface area contributed by atoms with Gasteiger partial charge < -0.3 is 15.3 Å². The number of carbonyl (C=O) groups is 2. The van der Waals surface area contributed by atoms with E-state index in [0.717, 1.165) is 43.8 Å². The molecule has 1 aliphatic carbocycles. The Morgan fingerprint density at radius 1 is 1.09 bits per heavy atom. The number of benzene rings is 1. The number of amides is 2. The van der Waals surface area contributed by atoms with Gasteiger partial charge in [-0.15, -0.1) is 0 Å². The first kappa shape index (κ1) is 16.1. The minimum Gasteiger partial charge on any atom is -0.465 e.